The van der Waals surface area contributed by atoms with Crippen molar-refractivity contribution in [3.05, 3.63) is 34.9 Å². The molecule has 3 N–H and O–H groups in total. The Kier molecular flexibility index (Phi) is 5.02. The zero-order chi connectivity index (χ0) is 13.0. The summed E-state index contributed by atoms with van der Waals surface area (Å²) < 4.78 is 27.3. The largest absolute Gasteiger partial charge is 0.391 e. The number of hydrogen-bond donors (Lipinski definition) is 2. The lowest BCUT2D eigenvalue weighted by Crippen LogP contribution is -2.28. The van der Waals surface area contributed by atoms with E-state index in [0.717, 1.165) is 12.8 Å². The highest BCUT2D eigenvalue weighted by molar-refractivity contribution is 5.29. The van der Waals surface area contributed by atoms with E-state index in [1.54, 1.807) is 6.92 Å². The second-order valence-corrected chi connectivity index (χ2v) is 4.33. The van der Waals surface area contributed by atoms with Gasteiger partial charge in [0.15, 0.2) is 0 Å². The maximum Gasteiger partial charge on any atom is 0.133 e. The summed E-state index contributed by atoms with van der Waals surface area (Å²) in [7, 11) is 0. The van der Waals surface area contributed by atoms with E-state index in [-0.39, 0.29) is 5.56 Å². The number of nitrogens with two attached hydrogens (primary N) is 1. The van der Waals surface area contributed by atoms with Crippen LogP contribution in [0.15, 0.2) is 12.1 Å². The molecular formula is C13H19F2NO. The molecule has 0 bridgehead atoms. The predicted octanol–water partition coefficient (Wildman–Crippen LogP) is 2.82. The minimum absolute atomic E-state index is 0.214. The second-order valence-electron chi connectivity index (χ2n) is 4.33. The fourth-order valence-electron chi connectivity index (χ4n) is 1.77. The summed E-state index contributed by atoms with van der Waals surface area (Å²) in [5.41, 5.74) is 5.84. The Bertz CT molecular complexity index is 382. The van der Waals surface area contributed by atoms with Gasteiger partial charge in [-0.15, -0.1) is 0 Å². The molecule has 0 radical (unpaired) electrons. The Balaban J connectivity index is 2.95. The standard InChI is InChI=1S/C13H19F2NO/c1-3-4-5-10(17)13(16)11-9(14)7-6-8(2)12(11)15/h6-7,10,13,17H,3-5,16H2,1-2H3/t10-,13-/m0/s1. The van der Waals surface area contributed by atoms with Gasteiger partial charge in [-0.05, 0) is 25.0 Å². The van der Waals surface area contributed by atoms with Gasteiger partial charge < -0.3 is 10.8 Å². The molecule has 1 rings (SSSR count). The molecule has 0 amide bonds. The zero-order valence-electron chi connectivity index (χ0n) is 10.2. The topological polar surface area (TPSA) is 46.2 Å². The van der Waals surface area contributed by atoms with Crippen LogP contribution in [0.2, 0.25) is 0 Å². The highest BCUT2D eigenvalue weighted by Gasteiger charge is 2.24. The summed E-state index contributed by atoms with van der Waals surface area (Å²) in [5, 5.41) is 9.78. The van der Waals surface area contributed by atoms with Gasteiger partial charge in [0.1, 0.15) is 11.6 Å². The molecule has 1 aromatic carbocycles. The Labute approximate surface area is 100 Å². The first-order valence-corrected chi connectivity index (χ1v) is 5.87. The van der Waals surface area contributed by atoms with E-state index < -0.39 is 23.8 Å². The molecule has 0 saturated carbocycles. The Morgan fingerprint density at radius 2 is 2.00 bits per heavy atom. The van der Waals surface area contributed by atoms with Gasteiger partial charge in [0, 0.05) is 5.56 Å². The molecule has 17 heavy (non-hydrogen) atoms. The minimum Gasteiger partial charge on any atom is -0.391 e. The van der Waals surface area contributed by atoms with Crippen LogP contribution in [0.5, 0.6) is 0 Å². The highest BCUT2D eigenvalue weighted by atomic mass is 19.1. The van der Waals surface area contributed by atoms with Crippen LogP contribution in [0.1, 0.15) is 43.4 Å². The van der Waals surface area contributed by atoms with Gasteiger partial charge in [-0.3, -0.25) is 0 Å². The smallest absolute Gasteiger partial charge is 0.133 e. The summed E-state index contributed by atoms with van der Waals surface area (Å²) in [6, 6.07) is 1.53. The number of aliphatic hydroxyl groups is 1. The van der Waals surface area contributed by atoms with Crippen LogP contribution in [-0.2, 0) is 0 Å². The summed E-state index contributed by atoms with van der Waals surface area (Å²) in [5.74, 6) is -1.36. The third kappa shape index (κ3) is 3.23. The number of aryl methyl sites for hydroxylation is 1. The lowest BCUT2D eigenvalue weighted by molar-refractivity contribution is 0.129. The monoisotopic (exact) mass is 243 g/mol. The lowest BCUT2D eigenvalue weighted by atomic mass is 9.96. The van der Waals surface area contributed by atoms with E-state index >= 15 is 0 Å². The molecule has 96 valence electrons. The first kappa shape index (κ1) is 14.1. The molecule has 0 fully saturated rings. The molecule has 0 saturated heterocycles. The van der Waals surface area contributed by atoms with Gasteiger partial charge in [-0.25, -0.2) is 8.78 Å². The van der Waals surface area contributed by atoms with E-state index in [9.17, 15) is 13.9 Å². The number of hydrogen-bond acceptors (Lipinski definition) is 2. The molecule has 0 aliphatic rings. The van der Waals surface area contributed by atoms with Crippen molar-refractivity contribution >= 4 is 0 Å². The first-order chi connectivity index (χ1) is 7.99. The van der Waals surface area contributed by atoms with Crippen molar-refractivity contribution in [2.75, 3.05) is 0 Å². The summed E-state index contributed by atoms with van der Waals surface area (Å²) in [4.78, 5) is 0. The van der Waals surface area contributed by atoms with Gasteiger partial charge in [0.05, 0.1) is 12.1 Å². The van der Waals surface area contributed by atoms with Crippen molar-refractivity contribution < 1.29 is 13.9 Å². The number of unbranched alkanes of at least 4 members (excludes halogenated alkanes) is 1. The van der Waals surface area contributed by atoms with Crippen molar-refractivity contribution in [2.45, 2.75) is 45.3 Å². The molecule has 1 aromatic rings. The molecule has 0 spiro atoms. The van der Waals surface area contributed by atoms with Crippen LogP contribution in [0, 0.1) is 18.6 Å². The third-order valence-corrected chi connectivity index (χ3v) is 2.92. The molecule has 2 nitrogen and oxygen atoms in total. The number of rotatable bonds is 5. The maximum atomic E-state index is 13.8. The van der Waals surface area contributed by atoms with Crippen LogP contribution < -0.4 is 5.73 Å². The molecule has 2 atom stereocenters. The van der Waals surface area contributed by atoms with Crippen LogP contribution in [0.3, 0.4) is 0 Å². The third-order valence-electron chi connectivity index (χ3n) is 2.92. The van der Waals surface area contributed by atoms with Gasteiger partial charge >= 0.3 is 0 Å². The van der Waals surface area contributed by atoms with Crippen molar-refractivity contribution in [1.82, 2.24) is 0 Å². The number of aliphatic hydroxyl groups excluding tert-OH is 1. The molecule has 0 aromatic heterocycles. The number of benzene rings is 1. The van der Waals surface area contributed by atoms with E-state index in [0.29, 0.717) is 12.0 Å². The summed E-state index contributed by atoms with van der Waals surface area (Å²) >= 11 is 0. The van der Waals surface area contributed by atoms with Gasteiger partial charge in [0.2, 0.25) is 0 Å². The fraction of sp³-hybridized carbons (Fsp3) is 0.538. The summed E-state index contributed by atoms with van der Waals surface area (Å²) in [6.07, 6.45) is 1.22. The van der Waals surface area contributed by atoms with Crippen molar-refractivity contribution in [3.63, 3.8) is 0 Å². The molecule has 0 aliphatic heterocycles. The maximum absolute atomic E-state index is 13.8. The Hall–Kier alpha value is -1.00. The van der Waals surface area contributed by atoms with E-state index in [2.05, 4.69) is 0 Å². The molecule has 4 heteroatoms. The Morgan fingerprint density at radius 3 is 2.59 bits per heavy atom. The highest BCUT2D eigenvalue weighted by Crippen LogP contribution is 2.25. The van der Waals surface area contributed by atoms with Gasteiger partial charge in [-0.1, -0.05) is 25.8 Å². The molecular weight excluding hydrogens is 224 g/mol. The van der Waals surface area contributed by atoms with Crippen LogP contribution >= 0.6 is 0 Å². The van der Waals surface area contributed by atoms with Crippen molar-refractivity contribution in [3.8, 4) is 0 Å². The molecule has 0 aliphatic carbocycles. The number of halogens is 2. The van der Waals surface area contributed by atoms with Crippen LogP contribution in [-0.4, -0.2) is 11.2 Å². The quantitative estimate of drug-likeness (QED) is 0.835. The van der Waals surface area contributed by atoms with E-state index in [1.165, 1.54) is 12.1 Å². The summed E-state index contributed by atoms with van der Waals surface area (Å²) in [6.45, 7) is 3.52. The van der Waals surface area contributed by atoms with E-state index in [4.69, 9.17) is 5.73 Å². The van der Waals surface area contributed by atoms with Crippen molar-refractivity contribution in [1.29, 1.82) is 0 Å². The molecule has 0 heterocycles. The second kappa shape index (κ2) is 6.07. The lowest BCUT2D eigenvalue weighted by Gasteiger charge is -2.20. The van der Waals surface area contributed by atoms with Crippen LogP contribution in [0.4, 0.5) is 8.78 Å². The fourth-order valence-corrected chi connectivity index (χ4v) is 1.77. The van der Waals surface area contributed by atoms with Crippen molar-refractivity contribution in [2.24, 2.45) is 5.73 Å². The zero-order valence-corrected chi connectivity index (χ0v) is 10.2. The average molecular weight is 243 g/mol. The Morgan fingerprint density at radius 1 is 1.35 bits per heavy atom. The van der Waals surface area contributed by atoms with E-state index in [1.807, 2.05) is 6.92 Å². The minimum atomic E-state index is -1.01. The van der Waals surface area contributed by atoms with Crippen LogP contribution in [0.25, 0.3) is 0 Å². The normalized spacial score (nSPS) is 14.7. The first-order valence-electron chi connectivity index (χ1n) is 5.87. The molecule has 0 unspecified atom stereocenters. The average Bonchev–Trinajstić information content (AvgIpc) is 2.31. The SMILES string of the molecule is CCCC[C@H](O)[C@H](N)c1c(F)ccc(C)c1F. The van der Waals surface area contributed by atoms with Gasteiger partial charge in [-0.2, -0.15) is 0 Å². The predicted molar refractivity (Wildman–Crippen MR) is 63.6 cm³/mol. The van der Waals surface area contributed by atoms with Gasteiger partial charge in [0.25, 0.3) is 0 Å².